The van der Waals surface area contributed by atoms with E-state index in [0.29, 0.717) is 22.5 Å². The van der Waals surface area contributed by atoms with Crippen molar-refractivity contribution < 1.29 is 0 Å². The molecule has 0 N–H and O–H groups in total. The van der Waals surface area contributed by atoms with Gasteiger partial charge in [0, 0.05) is 44.4 Å². The van der Waals surface area contributed by atoms with Crippen LogP contribution >= 0.6 is 0 Å². The van der Waals surface area contributed by atoms with Crippen LogP contribution in [-0.4, -0.2) is 0 Å². The Labute approximate surface area is 490 Å². The van der Waals surface area contributed by atoms with Gasteiger partial charge in [0.2, 0.25) is 0 Å². The second-order valence-electron chi connectivity index (χ2n) is 24.4. The third-order valence-corrected chi connectivity index (χ3v) is 18.3. The number of nitrogens with zero attached hydrogens (tertiary/aromatic N) is 6. The van der Waals surface area contributed by atoms with E-state index >= 15 is 0 Å². The zero-order valence-electron chi connectivity index (χ0n) is 47.6. The number of rotatable bonds is 7. The molecule has 12 aromatic carbocycles. The Kier molecular flexibility index (Phi) is 11.6. The summed E-state index contributed by atoms with van der Waals surface area (Å²) < 4.78 is 0. The standard InChI is InChI=1S/C78H56N6/c1-75(2,3)77(65-43-29-51-17-9-11-19-59(51)71(65)73-63-23-15-13-21-61(63)69(45-67(73)77)83(55-35-25-49(47-79)26-36-55)57-39-31-53(81-7)32-40-57)78(76(4,5)6)66-44-30-52-18-10-12-20-60(52)72(66)74-64-24-16-14-22-62(64)70(46-68(74)78)84(56-37-27-50(48-80)28-38-56)58-41-33-54(82-8)34-42-58/h9-46H,1-6H3. The molecule has 6 heteroatoms. The summed E-state index contributed by atoms with van der Waals surface area (Å²) in [5, 5.41) is 29.4. The molecule has 0 radical (unpaired) electrons. The predicted molar refractivity (Wildman–Crippen MR) is 346 cm³/mol. The average molecular weight is 1080 g/mol. The first-order valence-electron chi connectivity index (χ1n) is 28.5. The van der Waals surface area contributed by atoms with Gasteiger partial charge in [0.15, 0.2) is 11.4 Å². The molecule has 0 saturated heterocycles. The Hall–Kier alpha value is -10.8. The molecule has 0 amide bonds. The first kappa shape index (κ1) is 51.4. The SMILES string of the molecule is [C-]#[N+]c1ccc(N(c2ccc(C#N)cc2)c2cc3c(c4ccccc24)-c2c(ccc4ccccc24)C3(C(C)(C)C)C2(C(C)(C)C)c3ccc4ccccc4c3-c3c2cc(N(c2ccc(C#N)cc2)c2ccc([N+]#[C-])cc2)c2ccccc32)cc1. The molecular weight excluding hydrogens is 1020 g/mol. The van der Waals surface area contributed by atoms with Crippen LogP contribution in [0.2, 0.25) is 0 Å². The van der Waals surface area contributed by atoms with E-state index in [2.05, 4.69) is 207 Å². The van der Waals surface area contributed by atoms with Crippen LogP contribution in [0.4, 0.5) is 45.5 Å². The third-order valence-electron chi connectivity index (χ3n) is 18.3. The maximum absolute atomic E-state index is 10.1. The Bertz CT molecular complexity index is 4470. The van der Waals surface area contributed by atoms with Crippen LogP contribution in [-0.2, 0) is 10.8 Å². The molecule has 398 valence electrons. The number of anilines is 6. The minimum Gasteiger partial charge on any atom is -0.310 e. The van der Waals surface area contributed by atoms with Gasteiger partial charge in [0.25, 0.3) is 0 Å². The molecule has 6 nitrogen and oxygen atoms in total. The highest BCUT2D eigenvalue weighted by Crippen LogP contribution is 2.77. The predicted octanol–water partition coefficient (Wildman–Crippen LogP) is 21.4. The lowest BCUT2D eigenvalue weighted by atomic mass is 9.39. The second-order valence-corrected chi connectivity index (χ2v) is 24.4. The summed E-state index contributed by atoms with van der Waals surface area (Å²) in [5.41, 5.74) is 14.6. The van der Waals surface area contributed by atoms with Crippen molar-refractivity contribution >= 4 is 88.6 Å². The molecule has 0 bridgehead atoms. The van der Waals surface area contributed by atoms with Crippen molar-refractivity contribution in [2.75, 3.05) is 9.80 Å². The van der Waals surface area contributed by atoms with Crippen LogP contribution < -0.4 is 9.80 Å². The summed E-state index contributed by atoms with van der Waals surface area (Å²) in [6, 6.07) is 86.4. The second kappa shape index (κ2) is 18.9. The first-order chi connectivity index (χ1) is 40.8. The molecule has 0 aromatic heterocycles. The topological polar surface area (TPSA) is 62.8 Å². The van der Waals surface area contributed by atoms with Crippen LogP contribution in [0.5, 0.6) is 0 Å². The molecule has 2 unspecified atom stereocenters. The van der Waals surface area contributed by atoms with Gasteiger partial charge in [-0.05, 0) is 173 Å². The van der Waals surface area contributed by atoms with Crippen LogP contribution in [0.25, 0.3) is 75.0 Å². The van der Waals surface area contributed by atoms with Gasteiger partial charge in [0.05, 0.1) is 47.8 Å². The zero-order chi connectivity index (χ0) is 57.9. The smallest absolute Gasteiger partial charge is 0.187 e. The normalized spacial score (nSPS) is 15.8. The summed E-state index contributed by atoms with van der Waals surface area (Å²) in [5.74, 6) is 0. The molecule has 14 rings (SSSR count). The number of hydrogen-bond acceptors (Lipinski definition) is 4. The molecule has 0 heterocycles. The largest absolute Gasteiger partial charge is 0.310 e. The van der Waals surface area contributed by atoms with E-state index in [-0.39, 0.29) is 0 Å². The van der Waals surface area contributed by atoms with E-state index in [1.807, 2.05) is 97.1 Å². The zero-order valence-corrected chi connectivity index (χ0v) is 47.6. The number of fused-ring (bicyclic) bond motifs is 14. The molecule has 12 aromatic rings. The summed E-state index contributed by atoms with van der Waals surface area (Å²) in [6.07, 6.45) is 0. The maximum Gasteiger partial charge on any atom is 0.187 e. The van der Waals surface area contributed by atoms with Crippen molar-refractivity contribution in [1.29, 1.82) is 10.5 Å². The Balaban J connectivity index is 1.22. The van der Waals surface area contributed by atoms with Gasteiger partial charge in [-0.15, -0.1) is 0 Å². The monoisotopic (exact) mass is 1080 g/mol. The Morgan fingerprint density at radius 3 is 0.964 bits per heavy atom. The van der Waals surface area contributed by atoms with Crippen LogP contribution in [0.3, 0.4) is 0 Å². The summed E-state index contributed by atoms with van der Waals surface area (Å²) in [6.45, 7) is 30.7. The fourth-order valence-corrected chi connectivity index (χ4v) is 15.3. The van der Waals surface area contributed by atoms with Crippen LogP contribution in [0.15, 0.2) is 231 Å². The number of benzene rings is 12. The highest BCUT2D eigenvalue weighted by molar-refractivity contribution is 6.19. The molecule has 2 atom stereocenters. The van der Waals surface area contributed by atoms with Crippen molar-refractivity contribution in [3.8, 4) is 34.4 Å². The summed E-state index contributed by atoms with van der Waals surface area (Å²) in [4.78, 5) is 12.3. The lowest BCUT2D eigenvalue weighted by Gasteiger charge is -2.62. The average Bonchev–Trinajstić information content (AvgIpc) is 1.44. The highest BCUT2D eigenvalue weighted by Gasteiger charge is 2.71. The Morgan fingerprint density at radius 2 is 0.643 bits per heavy atom. The Morgan fingerprint density at radius 1 is 0.345 bits per heavy atom. The van der Waals surface area contributed by atoms with Gasteiger partial charge < -0.3 is 9.80 Å². The first-order valence-corrected chi connectivity index (χ1v) is 28.5. The van der Waals surface area contributed by atoms with E-state index in [1.54, 1.807) is 0 Å². The lowest BCUT2D eigenvalue weighted by Crippen LogP contribution is -2.62. The van der Waals surface area contributed by atoms with Gasteiger partial charge in [-0.3, -0.25) is 0 Å². The number of hydrogen-bond donors (Lipinski definition) is 0. The van der Waals surface area contributed by atoms with E-state index in [9.17, 15) is 10.5 Å². The van der Waals surface area contributed by atoms with E-state index in [4.69, 9.17) is 13.1 Å². The maximum atomic E-state index is 10.1. The molecule has 0 fully saturated rings. The van der Waals surface area contributed by atoms with E-state index in [1.165, 1.54) is 55.3 Å². The van der Waals surface area contributed by atoms with Crippen molar-refractivity contribution in [2.45, 2.75) is 52.4 Å². The molecular formula is C78H56N6. The molecule has 84 heavy (non-hydrogen) atoms. The summed E-state index contributed by atoms with van der Waals surface area (Å²) >= 11 is 0. The molecule has 0 saturated carbocycles. The van der Waals surface area contributed by atoms with Gasteiger partial charge in [-0.2, -0.15) is 10.5 Å². The van der Waals surface area contributed by atoms with Crippen molar-refractivity contribution in [2.24, 2.45) is 10.8 Å². The highest BCUT2D eigenvalue weighted by atomic mass is 15.2. The van der Waals surface area contributed by atoms with Crippen LogP contribution in [0.1, 0.15) is 74.9 Å². The van der Waals surface area contributed by atoms with E-state index < -0.39 is 21.7 Å². The minimum absolute atomic E-state index is 0.551. The fourth-order valence-electron chi connectivity index (χ4n) is 15.3. The molecule has 2 aliphatic rings. The lowest BCUT2D eigenvalue weighted by molar-refractivity contribution is 0.0596. The fraction of sp³-hybridized carbons (Fsp3) is 0.128. The van der Waals surface area contributed by atoms with Gasteiger partial charge in [0.1, 0.15) is 0 Å². The van der Waals surface area contributed by atoms with E-state index in [0.717, 1.165) is 66.4 Å². The van der Waals surface area contributed by atoms with Crippen molar-refractivity contribution in [1.82, 2.24) is 0 Å². The van der Waals surface area contributed by atoms with Gasteiger partial charge in [-0.1, -0.05) is 187 Å². The number of nitriles is 2. The molecule has 0 aliphatic heterocycles. The molecule has 0 spiro atoms. The third kappa shape index (κ3) is 7.12. The van der Waals surface area contributed by atoms with Crippen molar-refractivity contribution in [3.63, 3.8) is 0 Å². The van der Waals surface area contributed by atoms with Gasteiger partial charge in [-0.25, -0.2) is 9.69 Å². The van der Waals surface area contributed by atoms with Crippen molar-refractivity contribution in [3.05, 3.63) is 287 Å². The summed E-state index contributed by atoms with van der Waals surface area (Å²) in [7, 11) is 0. The van der Waals surface area contributed by atoms with Crippen LogP contribution in [0, 0.1) is 46.6 Å². The quantitative estimate of drug-likeness (QED) is 0.149. The molecule has 2 aliphatic carbocycles. The minimum atomic E-state index is -0.894. The van der Waals surface area contributed by atoms with Gasteiger partial charge >= 0.3 is 0 Å².